The van der Waals surface area contributed by atoms with Gasteiger partial charge in [0, 0.05) is 67.6 Å². The first-order chi connectivity index (χ1) is 24.6. The molecule has 2 saturated carbocycles. The van der Waals surface area contributed by atoms with Crippen LogP contribution in [0, 0.1) is 11.3 Å². The Morgan fingerprint density at radius 2 is 1.71 bits per heavy atom. The van der Waals surface area contributed by atoms with Crippen molar-refractivity contribution in [2.24, 2.45) is 11.3 Å². The Hall–Kier alpha value is -4.19. The minimum atomic E-state index is -4.57. The smallest absolute Gasteiger partial charge is 0.433 e. The molecule has 1 saturated heterocycles. The van der Waals surface area contributed by atoms with E-state index in [2.05, 4.69) is 31.9 Å². The van der Waals surface area contributed by atoms with E-state index in [1.165, 1.54) is 6.42 Å². The predicted octanol–water partition coefficient (Wildman–Crippen LogP) is 8.40. The summed E-state index contributed by atoms with van der Waals surface area (Å²) in [6, 6.07) is 12.9. The molecule has 1 aromatic carbocycles. The second-order valence-electron chi connectivity index (χ2n) is 14.7. The topological polar surface area (TPSA) is 96.5 Å². The lowest BCUT2D eigenvalue weighted by atomic mass is 9.74. The van der Waals surface area contributed by atoms with Gasteiger partial charge in [-0.25, -0.2) is 15.0 Å². The monoisotopic (exact) mass is 704 g/mol. The van der Waals surface area contributed by atoms with Gasteiger partial charge < -0.3 is 24.3 Å². The van der Waals surface area contributed by atoms with Crippen LogP contribution in [0.15, 0.2) is 42.5 Å². The number of halogens is 3. The van der Waals surface area contributed by atoms with E-state index in [9.17, 15) is 18.0 Å². The highest BCUT2D eigenvalue weighted by molar-refractivity contribution is 5.91. The average molecular weight is 705 g/mol. The maximum Gasteiger partial charge on any atom is 0.433 e. The molecule has 1 N–H and O–H groups in total. The number of aromatic amines is 1. The van der Waals surface area contributed by atoms with Crippen molar-refractivity contribution >= 4 is 28.5 Å². The molecule has 0 amide bonds. The number of hydrogen-bond donors (Lipinski definition) is 1. The second kappa shape index (κ2) is 14.4. The van der Waals surface area contributed by atoms with Crippen LogP contribution in [0.1, 0.15) is 82.0 Å². The zero-order valence-corrected chi connectivity index (χ0v) is 29.7. The number of carbonyl (C=O) groups is 1. The fourth-order valence-electron chi connectivity index (χ4n) is 8.00. The van der Waals surface area contributed by atoms with Crippen molar-refractivity contribution in [3.8, 4) is 22.6 Å². The van der Waals surface area contributed by atoms with Crippen molar-refractivity contribution in [1.29, 1.82) is 0 Å². The molecule has 12 heteroatoms. The van der Waals surface area contributed by atoms with Crippen LogP contribution in [-0.4, -0.2) is 72.9 Å². The number of anilines is 2. The van der Waals surface area contributed by atoms with E-state index in [4.69, 9.17) is 19.4 Å². The molecule has 0 atom stereocenters. The van der Waals surface area contributed by atoms with E-state index < -0.39 is 11.9 Å². The van der Waals surface area contributed by atoms with Crippen molar-refractivity contribution in [2.75, 3.05) is 56.8 Å². The Morgan fingerprint density at radius 1 is 0.980 bits per heavy atom. The molecular formula is C39H47F3N6O3. The SMILES string of the molecule is CCOC(=O)C1CCN(c2ccc(-c3nc4nc(-c5cc(C6CC6)nc(C(F)(F)F)c5)cc(N(C)CC5(COC)CCCCC5)c4[nH]3)cc2)CC1. The van der Waals surface area contributed by atoms with Crippen molar-refractivity contribution in [1.82, 2.24) is 19.9 Å². The van der Waals surface area contributed by atoms with Crippen LogP contribution in [0.4, 0.5) is 24.5 Å². The van der Waals surface area contributed by atoms with Crippen molar-refractivity contribution in [3.63, 3.8) is 0 Å². The van der Waals surface area contributed by atoms with Crippen LogP contribution in [0.2, 0.25) is 0 Å². The molecule has 272 valence electrons. The highest BCUT2D eigenvalue weighted by Crippen LogP contribution is 2.43. The largest absolute Gasteiger partial charge is 0.466 e. The number of rotatable bonds is 11. The summed E-state index contributed by atoms with van der Waals surface area (Å²) in [5, 5.41) is 0. The molecule has 51 heavy (non-hydrogen) atoms. The molecule has 4 aromatic rings. The average Bonchev–Trinajstić information content (AvgIpc) is 3.89. The molecule has 0 unspecified atom stereocenters. The molecule has 4 heterocycles. The summed E-state index contributed by atoms with van der Waals surface area (Å²) >= 11 is 0. The quantitative estimate of drug-likeness (QED) is 0.156. The summed E-state index contributed by atoms with van der Waals surface area (Å²) in [5.41, 5.74) is 4.31. The van der Waals surface area contributed by atoms with E-state index in [1.54, 1.807) is 13.2 Å². The Morgan fingerprint density at radius 3 is 2.35 bits per heavy atom. The summed E-state index contributed by atoms with van der Waals surface area (Å²) in [6.07, 6.45) is 4.21. The number of esters is 1. The highest BCUT2D eigenvalue weighted by atomic mass is 19.4. The Labute approximate surface area is 297 Å². The van der Waals surface area contributed by atoms with E-state index in [-0.39, 0.29) is 23.2 Å². The third-order valence-corrected chi connectivity index (χ3v) is 10.8. The molecule has 3 aromatic heterocycles. The molecular weight excluding hydrogens is 657 g/mol. The second-order valence-corrected chi connectivity index (χ2v) is 14.7. The van der Waals surface area contributed by atoms with Gasteiger partial charge >= 0.3 is 12.1 Å². The number of nitrogens with one attached hydrogen (secondary N) is 1. The number of methoxy groups -OCH3 is 1. The third-order valence-electron chi connectivity index (χ3n) is 10.8. The van der Waals surface area contributed by atoms with Gasteiger partial charge in [0.25, 0.3) is 0 Å². The van der Waals surface area contributed by atoms with Gasteiger partial charge in [-0.1, -0.05) is 19.3 Å². The summed E-state index contributed by atoms with van der Waals surface area (Å²) < 4.78 is 53.1. The first-order valence-electron chi connectivity index (χ1n) is 18.3. The molecule has 9 nitrogen and oxygen atoms in total. The third kappa shape index (κ3) is 7.71. The number of carbonyl (C=O) groups excluding carboxylic acids is 1. The normalized spacial score (nSPS) is 18.3. The molecule has 3 fully saturated rings. The van der Waals surface area contributed by atoms with Gasteiger partial charge in [0.1, 0.15) is 17.0 Å². The fourth-order valence-corrected chi connectivity index (χ4v) is 8.00. The zero-order valence-electron chi connectivity index (χ0n) is 29.7. The van der Waals surface area contributed by atoms with Crippen molar-refractivity contribution < 1.29 is 27.4 Å². The number of fused-ring (bicyclic) bond motifs is 1. The Bertz CT molecular complexity index is 1840. The van der Waals surface area contributed by atoms with Crippen molar-refractivity contribution in [2.45, 2.75) is 76.8 Å². The van der Waals surface area contributed by atoms with E-state index >= 15 is 0 Å². The van der Waals surface area contributed by atoms with Crippen LogP contribution >= 0.6 is 0 Å². The van der Waals surface area contributed by atoms with E-state index in [0.29, 0.717) is 41.6 Å². The van der Waals surface area contributed by atoms with Crippen LogP contribution in [0.3, 0.4) is 0 Å². The lowest BCUT2D eigenvalue weighted by molar-refractivity contribution is -0.148. The van der Waals surface area contributed by atoms with Gasteiger partial charge in [0.05, 0.1) is 30.5 Å². The van der Waals surface area contributed by atoms with Crippen LogP contribution in [0.25, 0.3) is 33.8 Å². The summed E-state index contributed by atoms with van der Waals surface area (Å²) in [7, 11) is 3.78. The van der Waals surface area contributed by atoms with Gasteiger partial charge in [-0.05, 0) is 87.9 Å². The van der Waals surface area contributed by atoms with Gasteiger partial charge in [0.15, 0.2) is 5.65 Å². The molecule has 7 rings (SSSR count). The molecule has 0 radical (unpaired) electrons. The number of benzene rings is 1. The first-order valence-corrected chi connectivity index (χ1v) is 18.3. The standard InChI is InChI=1S/C39H47F3N6O3/c1-4-51-37(49)27-14-18-48(19-15-27)29-12-10-26(11-13-29)35-45-34-32(47(2)23-38(24-50-3)16-6-5-7-17-38)22-31(44-36(34)46-35)28-20-30(25-8-9-25)43-33(21-28)39(40,41)42/h10-13,20-22,25,27H,4-9,14-19,23-24H2,1-3H3,(H,44,45,46). The molecule has 2 aliphatic carbocycles. The molecule has 1 aliphatic heterocycles. The summed E-state index contributed by atoms with van der Waals surface area (Å²) in [5.74, 6) is 0.502. The van der Waals surface area contributed by atoms with Gasteiger partial charge in [-0.2, -0.15) is 13.2 Å². The maximum atomic E-state index is 14.1. The van der Waals surface area contributed by atoms with Crippen LogP contribution < -0.4 is 9.80 Å². The maximum absolute atomic E-state index is 14.1. The number of alkyl halides is 3. The summed E-state index contributed by atoms with van der Waals surface area (Å²) in [6.45, 7) is 5.15. The number of piperidine rings is 1. The van der Waals surface area contributed by atoms with Crippen LogP contribution in [-0.2, 0) is 20.4 Å². The van der Waals surface area contributed by atoms with Crippen molar-refractivity contribution in [3.05, 3.63) is 53.9 Å². The lowest BCUT2D eigenvalue weighted by Crippen LogP contribution is -2.40. The minimum Gasteiger partial charge on any atom is -0.466 e. The number of pyridine rings is 2. The fraction of sp³-hybridized carbons (Fsp3) is 0.538. The number of hydrogen-bond acceptors (Lipinski definition) is 8. The zero-order chi connectivity index (χ0) is 35.8. The Kier molecular flexibility index (Phi) is 9.97. The number of ether oxygens (including phenoxy) is 2. The molecule has 0 spiro atoms. The van der Waals surface area contributed by atoms with E-state index in [0.717, 1.165) is 99.5 Å². The molecule has 3 aliphatic rings. The Balaban J connectivity index is 1.23. The van der Waals surface area contributed by atoms with Crippen LogP contribution in [0.5, 0.6) is 0 Å². The number of imidazole rings is 1. The minimum absolute atomic E-state index is 0.0275. The summed E-state index contributed by atoms with van der Waals surface area (Å²) in [4.78, 5) is 34.0. The van der Waals surface area contributed by atoms with E-state index in [1.807, 2.05) is 32.2 Å². The lowest BCUT2D eigenvalue weighted by Gasteiger charge is -2.40. The van der Waals surface area contributed by atoms with Gasteiger partial charge in [0.2, 0.25) is 0 Å². The number of aromatic nitrogens is 4. The predicted molar refractivity (Wildman–Crippen MR) is 192 cm³/mol. The molecule has 0 bridgehead atoms. The first kappa shape index (κ1) is 35.2. The van der Waals surface area contributed by atoms with Gasteiger partial charge in [-0.15, -0.1) is 0 Å². The highest BCUT2D eigenvalue weighted by Gasteiger charge is 2.37. The number of H-pyrrole nitrogens is 1. The number of nitrogens with zero attached hydrogens (tertiary/aromatic N) is 5. The van der Waals surface area contributed by atoms with Gasteiger partial charge in [-0.3, -0.25) is 4.79 Å².